The number of anilines is 2. The number of aryl methyl sites for hydroxylation is 1. The number of carbonyl (C=O) groups excluding carboxylic acids is 2. The molecule has 0 bridgehead atoms. The van der Waals surface area contributed by atoms with Gasteiger partial charge in [0.05, 0.1) is 12.5 Å². The maximum Gasteiger partial charge on any atom is 0.253 e. The van der Waals surface area contributed by atoms with E-state index in [4.69, 9.17) is 10.5 Å². The number of piperidine rings is 1. The van der Waals surface area contributed by atoms with Crippen molar-refractivity contribution in [1.82, 2.24) is 4.90 Å². The maximum atomic E-state index is 13.1. The third kappa shape index (κ3) is 4.49. The van der Waals surface area contributed by atoms with Crippen LogP contribution in [0.25, 0.3) is 0 Å². The van der Waals surface area contributed by atoms with Crippen LogP contribution < -0.4 is 11.1 Å². The zero-order valence-electron chi connectivity index (χ0n) is 17.4. The predicted molar refractivity (Wildman–Crippen MR) is 117 cm³/mol. The summed E-state index contributed by atoms with van der Waals surface area (Å²) >= 11 is 0. The van der Waals surface area contributed by atoms with Gasteiger partial charge in [-0.1, -0.05) is 18.2 Å². The molecule has 6 nitrogen and oxygen atoms in total. The van der Waals surface area contributed by atoms with Gasteiger partial charge in [-0.15, -0.1) is 0 Å². The molecular formula is C24H29N3O3. The van der Waals surface area contributed by atoms with E-state index in [1.54, 1.807) is 6.07 Å². The van der Waals surface area contributed by atoms with Crippen molar-refractivity contribution in [3.05, 3.63) is 59.2 Å². The van der Waals surface area contributed by atoms with Crippen molar-refractivity contribution in [2.24, 2.45) is 5.92 Å². The number of amides is 2. The largest absolute Gasteiger partial charge is 0.399 e. The Morgan fingerprint density at radius 1 is 1.07 bits per heavy atom. The number of likely N-dealkylation sites (tertiary alicyclic amines) is 1. The Hall–Kier alpha value is -2.86. The molecule has 4 rings (SSSR count). The second kappa shape index (κ2) is 8.88. The lowest BCUT2D eigenvalue weighted by Gasteiger charge is -2.32. The average molecular weight is 408 g/mol. The minimum atomic E-state index is -0.115. The fourth-order valence-electron chi connectivity index (χ4n) is 4.23. The molecule has 2 aliphatic heterocycles. The molecule has 0 aliphatic carbocycles. The Morgan fingerprint density at radius 3 is 2.47 bits per heavy atom. The molecule has 1 unspecified atom stereocenters. The maximum absolute atomic E-state index is 13.1. The van der Waals surface area contributed by atoms with Gasteiger partial charge < -0.3 is 20.7 Å². The lowest BCUT2D eigenvalue weighted by Crippen LogP contribution is -2.38. The first-order valence-corrected chi connectivity index (χ1v) is 10.7. The van der Waals surface area contributed by atoms with E-state index in [9.17, 15) is 9.59 Å². The van der Waals surface area contributed by atoms with Crippen LogP contribution in [-0.4, -0.2) is 43.0 Å². The summed E-state index contributed by atoms with van der Waals surface area (Å²) in [5.74, 6) is 0.322. The standard InChI is InChI=1S/C24H29N3O3/c1-16-2-3-19(14-22(16)26-23(28)20-10-13-30-15-20)24(29)27-11-8-18(9-12-27)17-4-6-21(25)7-5-17/h2-7,14,18,20H,8-13,15,25H2,1H3,(H,26,28). The quantitative estimate of drug-likeness (QED) is 0.759. The van der Waals surface area contributed by atoms with Crippen molar-refractivity contribution in [2.45, 2.75) is 32.1 Å². The van der Waals surface area contributed by atoms with Crippen LogP contribution >= 0.6 is 0 Å². The fourth-order valence-corrected chi connectivity index (χ4v) is 4.23. The van der Waals surface area contributed by atoms with Gasteiger partial charge in [0, 0.05) is 36.6 Å². The highest BCUT2D eigenvalue weighted by molar-refractivity contribution is 5.98. The minimum absolute atomic E-state index is 0.0189. The number of nitrogens with two attached hydrogens (primary N) is 1. The summed E-state index contributed by atoms with van der Waals surface area (Å²) < 4.78 is 5.31. The van der Waals surface area contributed by atoms with Crippen LogP contribution in [-0.2, 0) is 9.53 Å². The van der Waals surface area contributed by atoms with Crippen molar-refractivity contribution < 1.29 is 14.3 Å². The van der Waals surface area contributed by atoms with Crippen LogP contribution in [0.4, 0.5) is 11.4 Å². The van der Waals surface area contributed by atoms with E-state index in [0.717, 1.165) is 43.6 Å². The third-order valence-electron chi connectivity index (χ3n) is 6.23. The topological polar surface area (TPSA) is 84.7 Å². The number of benzene rings is 2. The lowest BCUT2D eigenvalue weighted by molar-refractivity contribution is -0.119. The van der Waals surface area contributed by atoms with Crippen LogP contribution in [0.5, 0.6) is 0 Å². The molecule has 2 heterocycles. The summed E-state index contributed by atoms with van der Waals surface area (Å²) in [6.45, 7) is 4.48. The predicted octanol–water partition coefficient (Wildman–Crippen LogP) is 3.57. The molecule has 0 aromatic heterocycles. The number of nitrogen functional groups attached to an aromatic ring is 1. The van der Waals surface area contributed by atoms with Crippen LogP contribution in [0.1, 0.15) is 46.7 Å². The van der Waals surface area contributed by atoms with E-state index >= 15 is 0 Å². The summed E-state index contributed by atoms with van der Waals surface area (Å²) in [5.41, 5.74) is 10.1. The molecule has 158 valence electrons. The van der Waals surface area contributed by atoms with Gasteiger partial charge in [0.2, 0.25) is 5.91 Å². The first kappa shape index (κ1) is 20.4. The number of nitrogens with zero attached hydrogens (tertiary/aromatic N) is 1. The van der Waals surface area contributed by atoms with Gasteiger partial charge >= 0.3 is 0 Å². The lowest BCUT2D eigenvalue weighted by atomic mass is 9.89. The zero-order chi connectivity index (χ0) is 21.1. The molecule has 6 heteroatoms. The van der Waals surface area contributed by atoms with Crippen molar-refractivity contribution in [3.63, 3.8) is 0 Å². The van der Waals surface area contributed by atoms with Crippen molar-refractivity contribution in [1.29, 1.82) is 0 Å². The summed E-state index contributed by atoms with van der Waals surface area (Å²) in [4.78, 5) is 27.4. The molecule has 2 aromatic rings. The molecule has 2 aromatic carbocycles. The van der Waals surface area contributed by atoms with E-state index < -0.39 is 0 Å². The minimum Gasteiger partial charge on any atom is -0.399 e. The Bertz CT molecular complexity index is 912. The van der Waals surface area contributed by atoms with Gasteiger partial charge in [0.1, 0.15) is 0 Å². The molecule has 1 atom stereocenters. The van der Waals surface area contributed by atoms with Crippen molar-refractivity contribution in [2.75, 3.05) is 37.4 Å². The molecule has 2 saturated heterocycles. The summed E-state index contributed by atoms with van der Waals surface area (Å²) in [6.07, 6.45) is 2.62. The molecule has 0 spiro atoms. The second-order valence-corrected chi connectivity index (χ2v) is 8.31. The zero-order valence-corrected chi connectivity index (χ0v) is 17.4. The van der Waals surface area contributed by atoms with Gasteiger partial charge in [-0.2, -0.15) is 0 Å². The molecule has 2 amide bonds. The van der Waals surface area contributed by atoms with Gasteiger partial charge in [0.25, 0.3) is 5.91 Å². The summed E-state index contributed by atoms with van der Waals surface area (Å²) in [7, 11) is 0. The Labute approximate surface area is 177 Å². The highest BCUT2D eigenvalue weighted by atomic mass is 16.5. The molecule has 3 N–H and O–H groups in total. The van der Waals surface area contributed by atoms with Crippen LogP contribution in [0.2, 0.25) is 0 Å². The molecule has 2 aliphatic rings. The second-order valence-electron chi connectivity index (χ2n) is 8.31. The van der Waals surface area contributed by atoms with Gasteiger partial charge in [-0.3, -0.25) is 9.59 Å². The van der Waals surface area contributed by atoms with Crippen molar-refractivity contribution >= 4 is 23.2 Å². The number of ether oxygens (including phenoxy) is 1. The number of carbonyl (C=O) groups is 2. The smallest absolute Gasteiger partial charge is 0.253 e. The monoisotopic (exact) mass is 407 g/mol. The van der Waals surface area contributed by atoms with Crippen LogP contribution in [0, 0.1) is 12.8 Å². The fraction of sp³-hybridized carbons (Fsp3) is 0.417. The normalized spacial score (nSPS) is 19.6. The van der Waals surface area contributed by atoms with Crippen molar-refractivity contribution in [3.8, 4) is 0 Å². The van der Waals surface area contributed by atoms with Gasteiger partial charge in [0.15, 0.2) is 0 Å². The highest BCUT2D eigenvalue weighted by Gasteiger charge is 2.26. The SMILES string of the molecule is Cc1ccc(C(=O)N2CCC(c3ccc(N)cc3)CC2)cc1NC(=O)C1CCOC1. The Kier molecular flexibility index (Phi) is 6.04. The van der Waals surface area contributed by atoms with Gasteiger partial charge in [-0.05, 0) is 67.5 Å². The first-order valence-electron chi connectivity index (χ1n) is 10.7. The first-order chi connectivity index (χ1) is 14.5. The molecular weight excluding hydrogens is 378 g/mol. The Balaban J connectivity index is 1.39. The van der Waals surface area contributed by atoms with E-state index in [0.29, 0.717) is 30.4 Å². The summed E-state index contributed by atoms with van der Waals surface area (Å²) in [6, 6.07) is 13.6. The van der Waals surface area contributed by atoms with E-state index in [2.05, 4.69) is 17.4 Å². The molecule has 30 heavy (non-hydrogen) atoms. The van der Waals surface area contributed by atoms with E-state index in [1.807, 2.05) is 36.1 Å². The average Bonchev–Trinajstić information content (AvgIpc) is 3.31. The van der Waals surface area contributed by atoms with Gasteiger partial charge in [-0.25, -0.2) is 0 Å². The number of hydrogen-bond acceptors (Lipinski definition) is 4. The molecule has 0 radical (unpaired) electrons. The van der Waals surface area contributed by atoms with E-state index in [1.165, 1.54) is 5.56 Å². The number of hydrogen-bond donors (Lipinski definition) is 2. The third-order valence-corrected chi connectivity index (χ3v) is 6.23. The molecule has 0 saturated carbocycles. The molecule has 2 fully saturated rings. The number of nitrogens with one attached hydrogen (secondary N) is 1. The highest BCUT2D eigenvalue weighted by Crippen LogP contribution is 2.29. The Morgan fingerprint density at radius 2 is 1.80 bits per heavy atom. The van der Waals surface area contributed by atoms with Crippen LogP contribution in [0.15, 0.2) is 42.5 Å². The van der Waals surface area contributed by atoms with Crippen LogP contribution in [0.3, 0.4) is 0 Å². The number of rotatable bonds is 4. The summed E-state index contributed by atoms with van der Waals surface area (Å²) in [5, 5.41) is 2.98. The van der Waals surface area contributed by atoms with E-state index in [-0.39, 0.29) is 17.7 Å².